The van der Waals surface area contributed by atoms with Gasteiger partial charge < -0.3 is 4.98 Å². The van der Waals surface area contributed by atoms with Gasteiger partial charge in [-0.3, -0.25) is 4.79 Å². The topological polar surface area (TPSA) is 32.9 Å². The van der Waals surface area contributed by atoms with Crippen LogP contribution in [-0.4, -0.2) is 4.98 Å². The number of rotatable bonds is 1. The molecule has 0 unspecified atom stereocenters. The van der Waals surface area contributed by atoms with E-state index in [1.165, 1.54) is 6.07 Å². The third kappa shape index (κ3) is 1.49. The Balaban J connectivity index is 3.28. The normalized spacial score (nSPS) is 9.80. The molecule has 0 aromatic carbocycles. The van der Waals surface area contributed by atoms with Crippen LogP contribution < -0.4 is 5.43 Å². The fraction of sp³-hybridized carbons (Fsp3) is 0.167. The summed E-state index contributed by atoms with van der Waals surface area (Å²) in [5, 5.41) is 0.656. The molecular formula is C6H5Br2NO. The molecule has 54 valence electrons. The van der Waals surface area contributed by atoms with Crippen LogP contribution in [0.5, 0.6) is 0 Å². The molecule has 0 aliphatic heterocycles. The van der Waals surface area contributed by atoms with Crippen LogP contribution in [0.3, 0.4) is 0 Å². The summed E-state index contributed by atoms with van der Waals surface area (Å²) in [4.78, 5) is 13.8. The summed E-state index contributed by atoms with van der Waals surface area (Å²) in [6, 6.07) is 1.48. The highest BCUT2D eigenvalue weighted by molar-refractivity contribution is 9.10. The van der Waals surface area contributed by atoms with Crippen LogP contribution in [0.25, 0.3) is 0 Å². The lowest BCUT2D eigenvalue weighted by atomic mass is 10.4. The fourth-order valence-corrected chi connectivity index (χ4v) is 1.81. The van der Waals surface area contributed by atoms with Gasteiger partial charge in [0.1, 0.15) is 0 Å². The molecule has 0 fully saturated rings. The summed E-state index contributed by atoms with van der Waals surface area (Å²) in [5.41, 5.74) is 0.876. The Morgan fingerprint density at radius 1 is 1.60 bits per heavy atom. The largest absolute Gasteiger partial charge is 0.363 e. The minimum Gasteiger partial charge on any atom is -0.363 e. The zero-order valence-electron chi connectivity index (χ0n) is 5.03. The van der Waals surface area contributed by atoms with Gasteiger partial charge in [0.2, 0.25) is 0 Å². The molecule has 1 rings (SSSR count). The molecule has 10 heavy (non-hydrogen) atoms. The zero-order valence-corrected chi connectivity index (χ0v) is 8.20. The smallest absolute Gasteiger partial charge is 0.196 e. The molecule has 0 amide bonds. The van der Waals surface area contributed by atoms with Gasteiger partial charge in [-0.15, -0.1) is 0 Å². The third-order valence-corrected chi connectivity index (χ3v) is 2.54. The van der Waals surface area contributed by atoms with Crippen molar-refractivity contribution >= 4 is 31.9 Å². The van der Waals surface area contributed by atoms with E-state index < -0.39 is 0 Å². The second kappa shape index (κ2) is 3.34. The Hall–Kier alpha value is -0.0900. The van der Waals surface area contributed by atoms with Crippen molar-refractivity contribution in [3.05, 3.63) is 32.7 Å². The Morgan fingerprint density at radius 2 is 2.30 bits per heavy atom. The second-order valence-corrected chi connectivity index (χ2v) is 3.12. The molecule has 1 aromatic rings. The van der Waals surface area contributed by atoms with Gasteiger partial charge in [0.05, 0.1) is 4.47 Å². The van der Waals surface area contributed by atoms with Gasteiger partial charge in [0.25, 0.3) is 0 Å². The van der Waals surface area contributed by atoms with Crippen molar-refractivity contribution < 1.29 is 0 Å². The Morgan fingerprint density at radius 3 is 2.80 bits per heavy atom. The Bertz CT molecular complexity index is 281. The van der Waals surface area contributed by atoms with Gasteiger partial charge in [0.15, 0.2) is 5.43 Å². The molecule has 0 atom stereocenters. The van der Waals surface area contributed by atoms with Crippen LogP contribution in [0, 0.1) is 0 Å². The number of nitrogens with one attached hydrogen (secondary N) is 1. The van der Waals surface area contributed by atoms with Gasteiger partial charge in [-0.05, 0) is 15.9 Å². The predicted molar refractivity (Wildman–Crippen MR) is 47.4 cm³/mol. The number of halogens is 2. The maximum absolute atomic E-state index is 10.9. The highest BCUT2D eigenvalue weighted by Gasteiger charge is 1.99. The van der Waals surface area contributed by atoms with E-state index in [-0.39, 0.29) is 5.43 Å². The average molecular weight is 267 g/mol. The van der Waals surface area contributed by atoms with Crippen molar-refractivity contribution in [2.24, 2.45) is 0 Å². The van der Waals surface area contributed by atoms with Crippen molar-refractivity contribution in [3.8, 4) is 0 Å². The molecular weight excluding hydrogens is 262 g/mol. The molecule has 0 spiro atoms. The van der Waals surface area contributed by atoms with E-state index in [0.717, 1.165) is 5.69 Å². The number of hydrogen-bond donors (Lipinski definition) is 1. The standard InChI is InChI=1S/C6H5Br2NO/c7-3-4-6(8)5(10)1-2-9-4/h1-2H,3H2,(H,9,10). The fourth-order valence-electron chi connectivity index (χ4n) is 0.600. The van der Waals surface area contributed by atoms with Crippen LogP contribution in [0.4, 0.5) is 0 Å². The first-order valence-corrected chi connectivity index (χ1v) is 4.59. The average Bonchev–Trinajstić information content (AvgIpc) is 1.95. The monoisotopic (exact) mass is 265 g/mol. The lowest BCUT2D eigenvalue weighted by Gasteiger charge is -1.96. The van der Waals surface area contributed by atoms with Crippen molar-refractivity contribution in [2.45, 2.75) is 5.33 Å². The Kier molecular flexibility index (Phi) is 2.68. The first-order chi connectivity index (χ1) is 4.75. The molecule has 1 heterocycles. The lowest BCUT2D eigenvalue weighted by molar-refractivity contribution is 1.15. The van der Waals surface area contributed by atoms with E-state index >= 15 is 0 Å². The van der Waals surface area contributed by atoms with Crippen LogP contribution in [0.1, 0.15) is 5.69 Å². The van der Waals surface area contributed by atoms with Crippen molar-refractivity contribution in [1.29, 1.82) is 0 Å². The summed E-state index contributed by atoms with van der Waals surface area (Å²) < 4.78 is 0.604. The second-order valence-electron chi connectivity index (χ2n) is 1.77. The summed E-state index contributed by atoms with van der Waals surface area (Å²) >= 11 is 6.41. The molecule has 0 bridgehead atoms. The summed E-state index contributed by atoms with van der Waals surface area (Å²) in [6.07, 6.45) is 1.63. The summed E-state index contributed by atoms with van der Waals surface area (Å²) in [7, 11) is 0. The number of pyridine rings is 1. The van der Waals surface area contributed by atoms with Gasteiger partial charge in [-0.1, -0.05) is 15.9 Å². The molecule has 1 N–H and O–H groups in total. The minimum absolute atomic E-state index is 0.00759. The van der Waals surface area contributed by atoms with Crippen LogP contribution in [-0.2, 0) is 5.33 Å². The maximum Gasteiger partial charge on any atom is 0.196 e. The third-order valence-electron chi connectivity index (χ3n) is 1.11. The van der Waals surface area contributed by atoms with E-state index in [9.17, 15) is 4.79 Å². The first-order valence-electron chi connectivity index (χ1n) is 2.67. The quantitative estimate of drug-likeness (QED) is 0.776. The summed E-state index contributed by atoms with van der Waals surface area (Å²) in [5.74, 6) is 0. The SMILES string of the molecule is O=c1cc[nH]c(CBr)c1Br. The minimum atomic E-state index is 0.00759. The summed E-state index contributed by atoms with van der Waals surface area (Å²) in [6.45, 7) is 0. The van der Waals surface area contributed by atoms with Gasteiger partial charge in [-0.25, -0.2) is 0 Å². The maximum atomic E-state index is 10.9. The van der Waals surface area contributed by atoms with Crippen molar-refractivity contribution in [3.63, 3.8) is 0 Å². The van der Waals surface area contributed by atoms with E-state index in [1.54, 1.807) is 6.20 Å². The lowest BCUT2D eigenvalue weighted by Crippen LogP contribution is -2.03. The van der Waals surface area contributed by atoms with E-state index in [0.29, 0.717) is 9.80 Å². The van der Waals surface area contributed by atoms with E-state index in [1.807, 2.05) is 0 Å². The number of aromatic nitrogens is 1. The Labute approximate surface area is 74.9 Å². The molecule has 1 aromatic heterocycles. The van der Waals surface area contributed by atoms with E-state index in [4.69, 9.17) is 0 Å². The predicted octanol–water partition coefficient (Wildman–Crippen LogP) is 2.03. The molecule has 4 heteroatoms. The first kappa shape index (κ1) is 8.01. The molecule has 0 saturated heterocycles. The van der Waals surface area contributed by atoms with Crippen LogP contribution in [0.2, 0.25) is 0 Å². The number of H-pyrrole nitrogens is 1. The highest BCUT2D eigenvalue weighted by atomic mass is 79.9. The molecule has 0 aliphatic rings. The molecule has 0 aliphatic carbocycles. The molecule has 0 radical (unpaired) electrons. The van der Waals surface area contributed by atoms with Crippen LogP contribution in [0.15, 0.2) is 21.5 Å². The molecule has 0 saturated carbocycles. The van der Waals surface area contributed by atoms with E-state index in [2.05, 4.69) is 36.8 Å². The number of aromatic amines is 1. The zero-order chi connectivity index (χ0) is 7.56. The number of alkyl halides is 1. The highest BCUT2D eigenvalue weighted by Crippen LogP contribution is 2.10. The van der Waals surface area contributed by atoms with Crippen LogP contribution >= 0.6 is 31.9 Å². The number of hydrogen-bond acceptors (Lipinski definition) is 1. The van der Waals surface area contributed by atoms with Crippen molar-refractivity contribution in [1.82, 2.24) is 4.98 Å². The van der Waals surface area contributed by atoms with Crippen molar-refractivity contribution in [2.75, 3.05) is 0 Å². The molecule has 2 nitrogen and oxygen atoms in total. The van der Waals surface area contributed by atoms with Gasteiger partial charge >= 0.3 is 0 Å². The van der Waals surface area contributed by atoms with Gasteiger partial charge in [-0.2, -0.15) is 0 Å². The van der Waals surface area contributed by atoms with Gasteiger partial charge in [0, 0.05) is 23.3 Å².